The summed E-state index contributed by atoms with van der Waals surface area (Å²) >= 11 is 5.59. The molecule has 1 N–H and O–H groups in total. The molecule has 0 heterocycles. The van der Waals surface area contributed by atoms with E-state index in [2.05, 4.69) is 4.74 Å². The second kappa shape index (κ2) is 3.78. The van der Waals surface area contributed by atoms with E-state index >= 15 is 0 Å². The van der Waals surface area contributed by atoms with Crippen molar-refractivity contribution in [3.05, 3.63) is 28.8 Å². The number of hydrogen-bond donors (Lipinski definition) is 1. The molecule has 1 aromatic rings. The van der Waals surface area contributed by atoms with Crippen molar-refractivity contribution in [1.82, 2.24) is 0 Å². The van der Waals surface area contributed by atoms with Crippen LogP contribution in [0.25, 0.3) is 0 Å². The second-order valence-electron chi connectivity index (χ2n) is 2.14. The first-order valence-electron chi connectivity index (χ1n) is 3.24. The maximum Gasteiger partial charge on any atom is 0.354 e. The summed E-state index contributed by atoms with van der Waals surface area (Å²) in [7, 11) is 0. The van der Waals surface area contributed by atoms with E-state index in [9.17, 15) is 4.79 Å². The highest BCUT2D eigenvalue weighted by Crippen LogP contribution is 2.21. The van der Waals surface area contributed by atoms with Gasteiger partial charge in [0.15, 0.2) is 0 Å². The van der Waals surface area contributed by atoms with E-state index in [0.29, 0.717) is 0 Å². The maximum atomic E-state index is 11.0. The van der Waals surface area contributed by atoms with Gasteiger partial charge in [-0.1, -0.05) is 11.6 Å². The first kappa shape index (κ1) is 9.36. The number of nitriles is 1. The monoisotopic (exact) mass is 197 g/mol. The molecule has 5 heteroatoms. The summed E-state index contributed by atoms with van der Waals surface area (Å²) in [5, 5.41) is 17.0. The van der Waals surface area contributed by atoms with Crippen LogP contribution in [-0.4, -0.2) is 11.1 Å². The summed E-state index contributed by atoms with van der Waals surface area (Å²) in [6.45, 7) is 0. The van der Waals surface area contributed by atoms with Crippen molar-refractivity contribution in [1.29, 1.82) is 5.26 Å². The first-order valence-corrected chi connectivity index (χ1v) is 3.61. The average molecular weight is 198 g/mol. The van der Waals surface area contributed by atoms with Crippen LogP contribution in [0.15, 0.2) is 18.2 Å². The highest BCUT2D eigenvalue weighted by atomic mass is 35.5. The third kappa shape index (κ3) is 2.10. The number of hydrogen-bond acceptors (Lipinski definition) is 4. The Bertz CT molecular complexity index is 383. The number of carbonyl (C=O) groups excluding carboxylic acids is 1. The van der Waals surface area contributed by atoms with Crippen LogP contribution >= 0.6 is 11.6 Å². The van der Waals surface area contributed by atoms with E-state index in [1.807, 2.05) is 0 Å². The second-order valence-corrected chi connectivity index (χ2v) is 2.55. The smallest absolute Gasteiger partial charge is 0.354 e. The molecular weight excluding hydrogens is 194 g/mol. The number of carbonyl (C=O) groups is 1. The molecule has 0 aliphatic carbocycles. The number of phenolic OH excluding ortho intramolecular Hbond substituents is 1. The van der Waals surface area contributed by atoms with E-state index < -0.39 is 5.97 Å². The Morgan fingerprint density at radius 1 is 1.62 bits per heavy atom. The number of esters is 1. The molecule has 0 saturated carbocycles. The molecule has 0 unspecified atom stereocenters. The number of halogens is 1. The number of phenols is 1. The maximum absolute atomic E-state index is 11.0. The van der Waals surface area contributed by atoms with E-state index in [-0.39, 0.29) is 16.3 Å². The number of ether oxygens (including phenoxy) is 1. The highest BCUT2D eigenvalue weighted by molar-refractivity contribution is 6.33. The summed E-state index contributed by atoms with van der Waals surface area (Å²) in [4.78, 5) is 11.0. The van der Waals surface area contributed by atoms with Gasteiger partial charge in [-0.3, -0.25) is 0 Å². The zero-order valence-corrected chi connectivity index (χ0v) is 7.08. The molecule has 13 heavy (non-hydrogen) atoms. The van der Waals surface area contributed by atoms with Gasteiger partial charge >= 0.3 is 5.97 Å². The Labute approximate surface area is 78.9 Å². The Morgan fingerprint density at radius 3 is 2.85 bits per heavy atom. The fraction of sp³-hybridized carbons (Fsp3) is 0. The minimum absolute atomic E-state index is 0.0419. The average Bonchev–Trinajstić information content (AvgIpc) is 2.04. The summed E-state index contributed by atoms with van der Waals surface area (Å²) in [6.07, 6.45) is 1.24. The summed E-state index contributed by atoms with van der Waals surface area (Å²) in [5.41, 5.74) is 0.0426. The highest BCUT2D eigenvalue weighted by Gasteiger charge is 2.11. The summed E-state index contributed by atoms with van der Waals surface area (Å²) < 4.78 is 4.05. The predicted octanol–water partition coefficient (Wildman–Crippen LogP) is 1.68. The van der Waals surface area contributed by atoms with Gasteiger partial charge in [0, 0.05) is 0 Å². The van der Waals surface area contributed by atoms with Gasteiger partial charge in [0.25, 0.3) is 6.26 Å². The third-order valence-corrected chi connectivity index (χ3v) is 1.62. The normalized spacial score (nSPS) is 8.92. The van der Waals surface area contributed by atoms with E-state index in [0.717, 1.165) is 0 Å². The predicted molar refractivity (Wildman–Crippen MR) is 44.1 cm³/mol. The molecule has 4 nitrogen and oxygen atoms in total. The number of nitrogens with zero attached hydrogens (tertiary/aromatic N) is 1. The molecule has 0 radical (unpaired) electrons. The third-order valence-electron chi connectivity index (χ3n) is 1.31. The molecular formula is C8H4ClNO3. The number of aromatic hydroxyl groups is 1. The van der Waals surface area contributed by atoms with Crippen LogP contribution in [0.3, 0.4) is 0 Å². The lowest BCUT2D eigenvalue weighted by Crippen LogP contribution is -2.01. The van der Waals surface area contributed by atoms with Crippen molar-refractivity contribution in [3.63, 3.8) is 0 Å². The molecule has 0 amide bonds. The van der Waals surface area contributed by atoms with Crippen molar-refractivity contribution >= 4 is 17.6 Å². The Morgan fingerprint density at radius 2 is 2.31 bits per heavy atom. The Balaban J connectivity index is 3.03. The van der Waals surface area contributed by atoms with Gasteiger partial charge in [-0.25, -0.2) is 4.79 Å². The first-order chi connectivity index (χ1) is 6.15. The lowest BCUT2D eigenvalue weighted by atomic mass is 10.2. The molecule has 0 bridgehead atoms. The van der Waals surface area contributed by atoms with Crippen LogP contribution < -0.4 is 0 Å². The van der Waals surface area contributed by atoms with E-state index in [1.165, 1.54) is 24.5 Å². The lowest BCUT2D eigenvalue weighted by molar-refractivity contribution is 0.0685. The molecule has 1 rings (SSSR count). The number of benzene rings is 1. The zero-order valence-electron chi connectivity index (χ0n) is 6.32. The number of rotatable bonds is 1. The SMILES string of the molecule is N#COC(=O)c1ccc(O)cc1Cl. The van der Waals surface area contributed by atoms with Crippen LogP contribution in [0.4, 0.5) is 0 Å². The molecule has 0 aliphatic heterocycles. The molecule has 0 aromatic heterocycles. The van der Waals surface area contributed by atoms with Crippen molar-refractivity contribution in [2.45, 2.75) is 0 Å². The summed E-state index contributed by atoms with van der Waals surface area (Å²) in [5.74, 6) is -0.897. The molecule has 1 aromatic carbocycles. The van der Waals surface area contributed by atoms with Gasteiger partial charge < -0.3 is 9.84 Å². The molecule has 66 valence electrons. The fourth-order valence-corrected chi connectivity index (χ4v) is 1.02. The van der Waals surface area contributed by atoms with Crippen LogP contribution in [0.5, 0.6) is 5.75 Å². The molecule has 0 aliphatic rings. The minimum Gasteiger partial charge on any atom is -0.508 e. The standard InChI is InChI=1S/C8H4ClNO3/c9-7-3-5(11)1-2-6(7)8(12)13-4-10/h1-3,11H. The van der Waals surface area contributed by atoms with Gasteiger partial charge in [-0.15, -0.1) is 5.26 Å². The Hall–Kier alpha value is -1.73. The fourth-order valence-electron chi connectivity index (χ4n) is 0.766. The van der Waals surface area contributed by atoms with Gasteiger partial charge in [0.2, 0.25) is 0 Å². The Kier molecular flexibility index (Phi) is 2.72. The van der Waals surface area contributed by atoms with Gasteiger partial charge in [0.1, 0.15) is 5.75 Å². The van der Waals surface area contributed by atoms with Crippen molar-refractivity contribution in [2.24, 2.45) is 0 Å². The zero-order chi connectivity index (χ0) is 9.84. The van der Waals surface area contributed by atoms with Gasteiger partial charge in [0.05, 0.1) is 10.6 Å². The minimum atomic E-state index is -0.840. The van der Waals surface area contributed by atoms with Crippen molar-refractivity contribution in [2.75, 3.05) is 0 Å². The molecule has 0 fully saturated rings. The topological polar surface area (TPSA) is 70.3 Å². The van der Waals surface area contributed by atoms with Crippen LogP contribution in [0.2, 0.25) is 5.02 Å². The van der Waals surface area contributed by atoms with Crippen LogP contribution in [-0.2, 0) is 4.74 Å². The van der Waals surface area contributed by atoms with E-state index in [1.54, 1.807) is 0 Å². The van der Waals surface area contributed by atoms with Gasteiger partial charge in [-0.05, 0) is 18.2 Å². The summed E-state index contributed by atoms with van der Waals surface area (Å²) in [6, 6.07) is 3.74. The van der Waals surface area contributed by atoms with Crippen LogP contribution in [0, 0.1) is 11.5 Å². The van der Waals surface area contributed by atoms with E-state index in [4.69, 9.17) is 22.0 Å². The van der Waals surface area contributed by atoms with Crippen LogP contribution in [0.1, 0.15) is 10.4 Å². The van der Waals surface area contributed by atoms with Gasteiger partial charge in [-0.2, -0.15) is 0 Å². The molecule has 0 spiro atoms. The largest absolute Gasteiger partial charge is 0.508 e. The quantitative estimate of drug-likeness (QED) is 0.549. The molecule has 0 saturated heterocycles. The molecule has 0 atom stereocenters. The lowest BCUT2D eigenvalue weighted by Gasteiger charge is -1.99. The van der Waals surface area contributed by atoms with Crippen molar-refractivity contribution < 1.29 is 14.6 Å². The van der Waals surface area contributed by atoms with Crippen molar-refractivity contribution in [3.8, 4) is 12.0 Å².